The molecule has 0 bridgehead atoms. The molecule has 2 aromatic carbocycles. The predicted octanol–water partition coefficient (Wildman–Crippen LogP) is 3.92. The van der Waals surface area contributed by atoms with Gasteiger partial charge in [-0.1, -0.05) is 46.3 Å². The van der Waals surface area contributed by atoms with Crippen LogP contribution in [-0.4, -0.2) is 20.7 Å². The van der Waals surface area contributed by atoms with Gasteiger partial charge in [0.2, 0.25) is 5.91 Å². The normalized spacial score (nSPS) is 10.9. The first kappa shape index (κ1) is 19.9. The molecule has 2 aromatic heterocycles. The van der Waals surface area contributed by atoms with Crippen LogP contribution in [0.25, 0.3) is 10.8 Å². The predicted molar refractivity (Wildman–Crippen MR) is 116 cm³/mol. The van der Waals surface area contributed by atoms with Crippen molar-refractivity contribution in [2.24, 2.45) is 0 Å². The molecule has 1 N–H and O–H groups in total. The van der Waals surface area contributed by atoms with E-state index in [1.165, 1.54) is 10.7 Å². The molecule has 0 atom stereocenters. The number of benzene rings is 2. The molecule has 0 aliphatic carbocycles. The maximum atomic E-state index is 14.3. The van der Waals surface area contributed by atoms with Gasteiger partial charge in [-0.3, -0.25) is 9.59 Å². The third-order valence-electron chi connectivity index (χ3n) is 4.54. The lowest BCUT2D eigenvalue weighted by Gasteiger charge is -2.12. The van der Waals surface area contributed by atoms with Gasteiger partial charge in [-0.25, -0.2) is 14.1 Å². The van der Waals surface area contributed by atoms with E-state index in [9.17, 15) is 14.0 Å². The molecule has 30 heavy (non-hydrogen) atoms. The van der Waals surface area contributed by atoms with E-state index in [0.717, 1.165) is 0 Å². The molecular formula is C22H16BrFN4O2. The molecule has 150 valence electrons. The lowest BCUT2D eigenvalue weighted by Crippen LogP contribution is -2.27. The summed E-state index contributed by atoms with van der Waals surface area (Å²) < 4.78 is 16.1. The highest BCUT2D eigenvalue weighted by molar-refractivity contribution is 9.10. The number of anilines is 1. The van der Waals surface area contributed by atoms with Crippen LogP contribution in [0.4, 0.5) is 10.2 Å². The summed E-state index contributed by atoms with van der Waals surface area (Å²) in [4.78, 5) is 29.5. The third kappa shape index (κ3) is 4.28. The molecule has 8 heteroatoms. The smallest absolute Gasteiger partial charge is 0.274 e. The number of hydrogen-bond acceptors (Lipinski definition) is 4. The molecule has 0 unspecified atom stereocenters. The van der Waals surface area contributed by atoms with Gasteiger partial charge in [0, 0.05) is 21.6 Å². The van der Waals surface area contributed by atoms with Crippen LogP contribution in [0.15, 0.2) is 76.1 Å². The average Bonchev–Trinajstić information content (AvgIpc) is 2.74. The van der Waals surface area contributed by atoms with E-state index < -0.39 is 5.82 Å². The molecule has 0 saturated heterocycles. The van der Waals surface area contributed by atoms with Crippen molar-refractivity contribution in [1.29, 1.82) is 0 Å². The van der Waals surface area contributed by atoms with Crippen molar-refractivity contribution < 1.29 is 9.18 Å². The fraction of sp³-hybridized carbons (Fsp3) is 0.0909. The van der Waals surface area contributed by atoms with Gasteiger partial charge in [-0.2, -0.15) is 5.10 Å². The molecule has 2 heterocycles. The summed E-state index contributed by atoms with van der Waals surface area (Å²) in [5.74, 6) is -0.330. The van der Waals surface area contributed by atoms with Crippen molar-refractivity contribution in [3.8, 4) is 0 Å². The third-order valence-corrected chi connectivity index (χ3v) is 5.03. The number of amides is 1. The van der Waals surface area contributed by atoms with Gasteiger partial charge in [0.25, 0.3) is 5.56 Å². The Labute approximate surface area is 179 Å². The van der Waals surface area contributed by atoms with E-state index in [0.29, 0.717) is 32.3 Å². The van der Waals surface area contributed by atoms with Crippen LogP contribution in [0.2, 0.25) is 0 Å². The summed E-state index contributed by atoms with van der Waals surface area (Å²) >= 11 is 3.22. The summed E-state index contributed by atoms with van der Waals surface area (Å²) in [7, 11) is 0. The monoisotopic (exact) mass is 466 g/mol. The number of nitrogens with zero attached hydrogens (tertiary/aromatic N) is 3. The van der Waals surface area contributed by atoms with Crippen LogP contribution in [-0.2, 0) is 17.8 Å². The van der Waals surface area contributed by atoms with Gasteiger partial charge >= 0.3 is 0 Å². The van der Waals surface area contributed by atoms with E-state index in [1.54, 1.807) is 60.8 Å². The van der Waals surface area contributed by atoms with Gasteiger partial charge in [-0.15, -0.1) is 0 Å². The van der Waals surface area contributed by atoms with Gasteiger partial charge in [0.05, 0.1) is 24.0 Å². The Hall–Kier alpha value is -3.39. The Morgan fingerprint density at radius 1 is 1.07 bits per heavy atom. The maximum absolute atomic E-state index is 14.3. The molecule has 0 fully saturated rings. The zero-order chi connectivity index (χ0) is 21.1. The van der Waals surface area contributed by atoms with Gasteiger partial charge in [0.15, 0.2) is 0 Å². The molecule has 0 radical (unpaired) electrons. The standard InChI is InChI=1S/C22H16BrFN4O2/c23-15-9-8-14(18(24)11-15)13-28-22(30)17-6-2-1-5-16(17)19(27-28)12-21(29)26-20-7-3-4-10-25-20/h1-11H,12-13H2,(H,25,26,29). The second-order valence-electron chi connectivity index (χ2n) is 6.63. The number of hydrogen-bond donors (Lipinski definition) is 1. The first-order valence-electron chi connectivity index (χ1n) is 9.15. The van der Waals surface area contributed by atoms with Crippen LogP contribution < -0.4 is 10.9 Å². The van der Waals surface area contributed by atoms with Crippen LogP contribution in [0.1, 0.15) is 11.3 Å². The largest absolute Gasteiger partial charge is 0.310 e. The molecule has 0 aliphatic heterocycles. The molecule has 6 nitrogen and oxygen atoms in total. The first-order valence-corrected chi connectivity index (χ1v) is 9.94. The number of pyridine rings is 1. The van der Waals surface area contributed by atoms with Crippen molar-refractivity contribution in [1.82, 2.24) is 14.8 Å². The van der Waals surface area contributed by atoms with E-state index in [-0.39, 0.29) is 24.4 Å². The molecule has 4 rings (SSSR count). The zero-order valence-electron chi connectivity index (χ0n) is 15.7. The lowest BCUT2D eigenvalue weighted by atomic mass is 10.1. The highest BCUT2D eigenvalue weighted by atomic mass is 79.9. The quantitative estimate of drug-likeness (QED) is 0.483. The topological polar surface area (TPSA) is 76.9 Å². The fourth-order valence-corrected chi connectivity index (χ4v) is 3.46. The molecular weight excluding hydrogens is 451 g/mol. The Bertz CT molecular complexity index is 1290. The SMILES string of the molecule is O=C(Cc1nn(Cc2ccc(Br)cc2F)c(=O)c2ccccc12)Nc1ccccn1. The minimum atomic E-state index is -0.444. The number of fused-ring (bicyclic) bond motifs is 1. The van der Waals surface area contributed by atoms with Crippen LogP contribution in [0, 0.1) is 5.82 Å². The van der Waals surface area contributed by atoms with Crippen molar-refractivity contribution in [2.75, 3.05) is 5.32 Å². The van der Waals surface area contributed by atoms with Crippen molar-refractivity contribution in [3.05, 3.63) is 98.8 Å². The first-order chi connectivity index (χ1) is 14.5. The fourth-order valence-electron chi connectivity index (χ4n) is 3.13. The summed E-state index contributed by atoms with van der Waals surface area (Å²) in [6, 6.07) is 16.8. The minimum absolute atomic E-state index is 0.0440. The van der Waals surface area contributed by atoms with Crippen molar-refractivity contribution >= 4 is 38.4 Å². The number of carbonyl (C=O) groups excluding carboxylic acids is 1. The van der Waals surface area contributed by atoms with E-state index in [4.69, 9.17) is 0 Å². The number of halogens is 2. The Morgan fingerprint density at radius 2 is 1.83 bits per heavy atom. The molecule has 1 amide bonds. The van der Waals surface area contributed by atoms with Crippen LogP contribution in [0.3, 0.4) is 0 Å². The minimum Gasteiger partial charge on any atom is -0.310 e. The highest BCUT2D eigenvalue weighted by Gasteiger charge is 2.15. The molecule has 0 saturated carbocycles. The summed E-state index contributed by atoms with van der Waals surface area (Å²) in [5.41, 5.74) is 0.407. The Balaban J connectivity index is 1.71. The number of aromatic nitrogens is 3. The molecule has 4 aromatic rings. The highest BCUT2D eigenvalue weighted by Crippen LogP contribution is 2.18. The van der Waals surface area contributed by atoms with Crippen molar-refractivity contribution in [2.45, 2.75) is 13.0 Å². The zero-order valence-corrected chi connectivity index (χ0v) is 17.3. The summed E-state index contributed by atoms with van der Waals surface area (Å²) in [6.07, 6.45) is 1.52. The molecule has 0 spiro atoms. The van der Waals surface area contributed by atoms with E-state index in [1.807, 2.05) is 0 Å². The average molecular weight is 467 g/mol. The Morgan fingerprint density at radius 3 is 2.57 bits per heavy atom. The second kappa shape index (κ2) is 8.54. The summed E-state index contributed by atoms with van der Waals surface area (Å²) in [6.45, 7) is -0.0440. The van der Waals surface area contributed by atoms with E-state index >= 15 is 0 Å². The number of nitrogens with one attached hydrogen (secondary N) is 1. The van der Waals surface area contributed by atoms with E-state index in [2.05, 4.69) is 31.3 Å². The van der Waals surface area contributed by atoms with Crippen LogP contribution >= 0.6 is 15.9 Å². The van der Waals surface area contributed by atoms with Crippen molar-refractivity contribution in [3.63, 3.8) is 0 Å². The Kier molecular flexibility index (Phi) is 5.67. The lowest BCUT2D eigenvalue weighted by molar-refractivity contribution is -0.115. The van der Waals surface area contributed by atoms with Crippen LogP contribution in [0.5, 0.6) is 0 Å². The van der Waals surface area contributed by atoms with Gasteiger partial charge < -0.3 is 5.32 Å². The molecule has 0 aliphatic rings. The second-order valence-corrected chi connectivity index (χ2v) is 7.55. The number of rotatable bonds is 5. The van der Waals surface area contributed by atoms with Gasteiger partial charge in [-0.05, 0) is 30.3 Å². The number of carbonyl (C=O) groups is 1. The van der Waals surface area contributed by atoms with Gasteiger partial charge in [0.1, 0.15) is 11.6 Å². The maximum Gasteiger partial charge on any atom is 0.274 e. The summed E-state index contributed by atoms with van der Waals surface area (Å²) in [5, 5.41) is 8.11.